The van der Waals surface area contributed by atoms with Crippen LogP contribution in [0.2, 0.25) is 0 Å². The highest BCUT2D eigenvalue weighted by atomic mass is 19.4. The van der Waals surface area contributed by atoms with Crippen molar-refractivity contribution in [1.82, 2.24) is 25.1 Å². The third-order valence-electron chi connectivity index (χ3n) is 4.81. The lowest BCUT2D eigenvalue weighted by atomic mass is 9.98. The SMILES string of the molecule is C[C@H]1CNC[C@H](Nc2nnc(-c3ccc(C(F)(F)F)cc3O)c3ccnn23)C1. The molecule has 0 aliphatic carbocycles. The molecule has 10 heteroatoms. The number of nitrogens with zero attached hydrogens (tertiary/aromatic N) is 4. The van der Waals surface area contributed by atoms with E-state index in [1.807, 2.05) is 0 Å². The minimum atomic E-state index is -4.54. The van der Waals surface area contributed by atoms with Crippen LogP contribution in [-0.2, 0) is 6.18 Å². The van der Waals surface area contributed by atoms with Crippen LogP contribution in [0.15, 0.2) is 30.5 Å². The van der Waals surface area contributed by atoms with Crippen molar-refractivity contribution < 1.29 is 18.3 Å². The molecule has 1 fully saturated rings. The van der Waals surface area contributed by atoms with Crippen LogP contribution in [0.3, 0.4) is 0 Å². The molecular formula is C18H19F3N6O. The molecule has 2 aromatic heterocycles. The van der Waals surface area contributed by atoms with Gasteiger partial charge in [0.15, 0.2) is 0 Å². The van der Waals surface area contributed by atoms with E-state index < -0.39 is 17.5 Å². The Bertz CT molecular complexity index is 1000. The normalized spacial score (nSPS) is 20.4. The number of piperidine rings is 1. The van der Waals surface area contributed by atoms with Crippen LogP contribution in [0, 0.1) is 5.92 Å². The highest BCUT2D eigenvalue weighted by molar-refractivity contribution is 5.80. The van der Waals surface area contributed by atoms with Gasteiger partial charge in [0.25, 0.3) is 0 Å². The lowest BCUT2D eigenvalue weighted by molar-refractivity contribution is -0.137. The smallest absolute Gasteiger partial charge is 0.416 e. The highest BCUT2D eigenvalue weighted by Gasteiger charge is 2.31. The predicted octanol–water partition coefficient (Wildman–Crippen LogP) is 2.93. The van der Waals surface area contributed by atoms with Crippen molar-refractivity contribution in [3.63, 3.8) is 0 Å². The largest absolute Gasteiger partial charge is 0.507 e. The zero-order chi connectivity index (χ0) is 19.9. The average molecular weight is 392 g/mol. The van der Waals surface area contributed by atoms with Crippen molar-refractivity contribution >= 4 is 11.5 Å². The number of hydrogen-bond donors (Lipinski definition) is 3. The third-order valence-corrected chi connectivity index (χ3v) is 4.81. The van der Waals surface area contributed by atoms with E-state index >= 15 is 0 Å². The maximum atomic E-state index is 12.8. The van der Waals surface area contributed by atoms with E-state index in [9.17, 15) is 18.3 Å². The molecule has 0 unspecified atom stereocenters. The standard InChI is InChI=1S/C18H19F3N6O/c1-10-6-12(9-22-8-10)24-17-26-25-16(14-4-5-23-27(14)17)13-3-2-11(7-15(13)28)18(19,20)21/h2-5,7,10,12,22,28H,6,8-9H2,1H3,(H,24,26)/t10-,12-/m1/s1. The number of aromatic hydroxyl groups is 1. The predicted molar refractivity (Wildman–Crippen MR) is 96.9 cm³/mol. The first-order valence-electron chi connectivity index (χ1n) is 8.91. The minimum Gasteiger partial charge on any atom is -0.507 e. The average Bonchev–Trinajstić information content (AvgIpc) is 3.12. The van der Waals surface area contributed by atoms with E-state index in [0.717, 1.165) is 25.6 Å². The van der Waals surface area contributed by atoms with Crippen molar-refractivity contribution in [3.05, 3.63) is 36.0 Å². The second-order valence-corrected chi connectivity index (χ2v) is 7.07. The molecule has 1 aliphatic rings. The van der Waals surface area contributed by atoms with Gasteiger partial charge in [0.1, 0.15) is 11.4 Å². The van der Waals surface area contributed by atoms with E-state index in [-0.39, 0.29) is 17.3 Å². The molecule has 3 aromatic rings. The number of alkyl halides is 3. The van der Waals surface area contributed by atoms with E-state index in [2.05, 4.69) is 32.9 Å². The summed E-state index contributed by atoms with van der Waals surface area (Å²) < 4.78 is 40.1. The summed E-state index contributed by atoms with van der Waals surface area (Å²) >= 11 is 0. The van der Waals surface area contributed by atoms with E-state index in [1.54, 1.807) is 16.8 Å². The number of phenols is 1. The maximum Gasteiger partial charge on any atom is 0.416 e. The molecular weight excluding hydrogens is 373 g/mol. The van der Waals surface area contributed by atoms with Crippen LogP contribution in [0.4, 0.5) is 19.1 Å². The molecule has 148 valence electrons. The first-order valence-corrected chi connectivity index (χ1v) is 8.91. The molecule has 1 aliphatic heterocycles. The van der Waals surface area contributed by atoms with Crippen LogP contribution in [-0.4, -0.2) is 44.0 Å². The van der Waals surface area contributed by atoms with Crippen LogP contribution >= 0.6 is 0 Å². The van der Waals surface area contributed by atoms with Gasteiger partial charge in [-0.2, -0.15) is 22.8 Å². The second-order valence-electron chi connectivity index (χ2n) is 7.07. The number of phenolic OH excluding ortho intramolecular Hbond substituents is 1. The third kappa shape index (κ3) is 3.47. The summed E-state index contributed by atoms with van der Waals surface area (Å²) in [5, 5.41) is 29.4. The fraction of sp³-hybridized carbons (Fsp3) is 0.389. The molecule has 0 amide bonds. The zero-order valence-corrected chi connectivity index (χ0v) is 15.0. The lowest BCUT2D eigenvalue weighted by Crippen LogP contribution is -2.43. The molecule has 4 rings (SSSR count). The highest BCUT2D eigenvalue weighted by Crippen LogP contribution is 2.37. The van der Waals surface area contributed by atoms with Crippen LogP contribution in [0.1, 0.15) is 18.9 Å². The van der Waals surface area contributed by atoms with E-state index in [4.69, 9.17) is 0 Å². The van der Waals surface area contributed by atoms with Crippen LogP contribution < -0.4 is 10.6 Å². The molecule has 0 saturated carbocycles. The van der Waals surface area contributed by atoms with Crippen molar-refractivity contribution in [2.24, 2.45) is 5.92 Å². The Morgan fingerprint density at radius 3 is 2.75 bits per heavy atom. The molecule has 1 aromatic carbocycles. The Balaban J connectivity index is 1.70. The van der Waals surface area contributed by atoms with Crippen LogP contribution in [0.5, 0.6) is 5.75 Å². The zero-order valence-electron chi connectivity index (χ0n) is 15.0. The molecule has 7 nitrogen and oxygen atoms in total. The molecule has 0 bridgehead atoms. The van der Waals surface area contributed by atoms with Crippen molar-refractivity contribution in [2.75, 3.05) is 18.4 Å². The maximum absolute atomic E-state index is 12.8. The monoisotopic (exact) mass is 392 g/mol. The summed E-state index contributed by atoms with van der Waals surface area (Å²) in [7, 11) is 0. The van der Waals surface area contributed by atoms with Crippen molar-refractivity contribution in [1.29, 1.82) is 0 Å². The molecule has 0 spiro atoms. The number of hydrogen-bond acceptors (Lipinski definition) is 6. The van der Waals surface area contributed by atoms with Crippen molar-refractivity contribution in [2.45, 2.75) is 25.6 Å². The topological polar surface area (TPSA) is 87.4 Å². The summed E-state index contributed by atoms with van der Waals surface area (Å²) in [4.78, 5) is 0. The molecule has 1 saturated heterocycles. The summed E-state index contributed by atoms with van der Waals surface area (Å²) in [6.45, 7) is 3.91. The summed E-state index contributed by atoms with van der Waals surface area (Å²) in [6, 6.07) is 4.62. The minimum absolute atomic E-state index is 0.158. The number of anilines is 1. The Labute approximate surface area is 158 Å². The lowest BCUT2D eigenvalue weighted by Gasteiger charge is -2.28. The van der Waals surface area contributed by atoms with Gasteiger partial charge in [-0.05, 0) is 43.1 Å². The Kier molecular flexibility index (Phi) is 4.58. The van der Waals surface area contributed by atoms with E-state index in [0.29, 0.717) is 23.4 Å². The van der Waals surface area contributed by atoms with E-state index in [1.165, 1.54) is 6.07 Å². The molecule has 3 heterocycles. The van der Waals surface area contributed by atoms with Crippen LogP contribution in [0.25, 0.3) is 16.8 Å². The number of fused-ring (bicyclic) bond motifs is 1. The number of rotatable bonds is 3. The van der Waals surface area contributed by atoms with Gasteiger partial charge in [0, 0.05) is 18.2 Å². The Morgan fingerprint density at radius 2 is 2.04 bits per heavy atom. The van der Waals surface area contributed by atoms with Gasteiger partial charge in [-0.25, -0.2) is 0 Å². The quantitative estimate of drug-likeness (QED) is 0.635. The van der Waals surface area contributed by atoms with Gasteiger partial charge in [-0.1, -0.05) is 6.92 Å². The molecule has 28 heavy (non-hydrogen) atoms. The van der Waals surface area contributed by atoms with Gasteiger partial charge >= 0.3 is 6.18 Å². The summed E-state index contributed by atoms with van der Waals surface area (Å²) in [5.74, 6) is 0.449. The van der Waals surface area contributed by atoms with Gasteiger partial charge < -0.3 is 15.7 Å². The summed E-state index contributed by atoms with van der Waals surface area (Å²) in [5.41, 5.74) is 0.0164. The van der Waals surface area contributed by atoms with Crippen molar-refractivity contribution in [3.8, 4) is 17.0 Å². The fourth-order valence-corrected chi connectivity index (χ4v) is 3.48. The first-order chi connectivity index (χ1) is 13.3. The number of nitrogens with one attached hydrogen (secondary N) is 2. The molecule has 3 N–H and O–H groups in total. The van der Waals surface area contributed by atoms with Gasteiger partial charge in [0.2, 0.25) is 5.95 Å². The first kappa shape index (κ1) is 18.5. The van der Waals surface area contributed by atoms with Gasteiger partial charge in [-0.3, -0.25) is 0 Å². The fourth-order valence-electron chi connectivity index (χ4n) is 3.48. The Hall–Kier alpha value is -2.88. The molecule has 0 radical (unpaired) electrons. The number of halogens is 3. The van der Waals surface area contributed by atoms with Gasteiger partial charge in [-0.15, -0.1) is 10.2 Å². The Morgan fingerprint density at radius 1 is 1.21 bits per heavy atom. The number of aromatic nitrogens is 4. The number of benzene rings is 1. The summed E-state index contributed by atoms with van der Waals surface area (Å²) in [6.07, 6.45) is -2.01. The second kappa shape index (κ2) is 6.93. The van der Waals surface area contributed by atoms with Gasteiger partial charge in [0.05, 0.1) is 17.3 Å². The molecule has 2 atom stereocenters.